The first kappa shape index (κ1) is 13.0. The second kappa shape index (κ2) is 5.93. The summed E-state index contributed by atoms with van der Waals surface area (Å²) in [6, 6.07) is 7.95. The Morgan fingerprint density at radius 2 is 2.12 bits per heavy atom. The van der Waals surface area contributed by atoms with Gasteiger partial charge in [-0.1, -0.05) is 34.1 Å². The van der Waals surface area contributed by atoms with Crippen molar-refractivity contribution in [2.45, 2.75) is 24.8 Å². The first-order chi connectivity index (χ1) is 8.18. The lowest BCUT2D eigenvalue weighted by molar-refractivity contribution is 0.0407. The molecule has 1 saturated heterocycles. The highest BCUT2D eigenvalue weighted by Gasteiger charge is 2.32. The molecule has 1 aromatic carbocycles. The van der Waals surface area contributed by atoms with Gasteiger partial charge >= 0.3 is 0 Å². The molecule has 1 fully saturated rings. The zero-order valence-corrected chi connectivity index (χ0v) is 11.0. The van der Waals surface area contributed by atoms with E-state index in [4.69, 9.17) is 0 Å². The lowest BCUT2D eigenvalue weighted by atomic mass is 10.1. The van der Waals surface area contributed by atoms with Crippen LogP contribution in [0, 0.1) is 0 Å². The quantitative estimate of drug-likeness (QED) is 0.643. The van der Waals surface area contributed by atoms with Crippen LogP contribution in [0.5, 0.6) is 0 Å². The topological polar surface area (TPSA) is 64.5 Å². The minimum absolute atomic E-state index is 0.0764. The second-order valence-electron chi connectivity index (χ2n) is 4.29. The molecule has 0 unspecified atom stereocenters. The van der Waals surface area contributed by atoms with Crippen LogP contribution >= 0.6 is 15.9 Å². The molecular formula is C12H17BrN2O2. The van der Waals surface area contributed by atoms with Crippen LogP contribution in [0.2, 0.25) is 0 Å². The molecule has 0 aromatic heterocycles. The third-order valence-electron chi connectivity index (χ3n) is 3.03. The molecule has 1 aromatic rings. The first-order valence-corrected chi connectivity index (χ1v) is 6.51. The number of β-amino-alcohol motifs (C(OH)–C–C–N with tert-alkyl or cyclic N) is 1. The Labute approximate surface area is 109 Å². The maximum Gasteiger partial charge on any atom is 0.0976 e. The van der Waals surface area contributed by atoms with E-state index < -0.39 is 12.2 Å². The highest BCUT2D eigenvalue weighted by Crippen LogP contribution is 2.15. The number of aliphatic hydroxyl groups excluding tert-OH is 2. The summed E-state index contributed by atoms with van der Waals surface area (Å²) >= 11 is 3.49. The Hall–Kier alpha value is -0.460. The second-order valence-corrected chi connectivity index (χ2v) is 5.15. The van der Waals surface area contributed by atoms with E-state index in [9.17, 15) is 10.2 Å². The minimum Gasteiger partial charge on any atom is -0.389 e. The van der Waals surface area contributed by atoms with E-state index >= 15 is 0 Å². The van der Waals surface area contributed by atoms with E-state index in [1.54, 1.807) is 0 Å². The zero-order valence-electron chi connectivity index (χ0n) is 9.44. The smallest absolute Gasteiger partial charge is 0.0976 e. The average molecular weight is 301 g/mol. The summed E-state index contributed by atoms with van der Waals surface area (Å²) in [6.45, 7) is 1.84. The number of halogens is 1. The predicted octanol–water partition coefficient (Wildman–Crippen LogP) is 0.232. The van der Waals surface area contributed by atoms with Crippen LogP contribution in [-0.2, 0) is 6.54 Å². The number of hydrogen-bond acceptors (Lipinski definition) is 4. The number of rotatable bonds is 4. The van der Waals surface area contributed by atoms with Crippen LogP contribution in [0.4, 0.5) is 0 Å². The van der Waals surface area contributed by atoms with Crippen molar-refractivity contribution >= 4 is 15.9 Å². The fourth-order valence-corrected chi connectivity index (χ4v) is 2.40. The predicted molar refractivity (Wildman–Crippen MR) is 69.7 cm³/mol. The van der Waals surface area contributed by atoms with Crippen molar-refractivity contribution in [1.82, 2.24) is 10.6 Å². The molecule has 1 heterocycles. The van der Waals surface area contributed by atoms with E-state index in [0.29, 0.717) is 13.1 Å². The molecule has 0 radical (unpaired) electrons. The van der Waals surface area contributed by atoms with Crippen LogP contribution in [0.25, 0.3) is 0 Å². The van der Waals surface area contributed by atoms with Crippen LogP contribution < -0.4 is 10.6 Å². The van der Waals surface area contributed by atoms with E-state index in [1.807, 2.05) is 24.3 Å². The highest BCUT2D eigenvalue weighted by molar-refractivity contribution is 9.10. The molecule has 3 atom stereocenters. The van der Waals surface area contributed by atoms with Gasteiger partial charge in [0.1, 0.15) is 0 Å². The van der Waals surface area contributed by atoms with Crippen molar-refractivity contribution in [2.75, 3.05) is 13.1 Å². The maximum absolute atomic E-state index is 9.65. The van der Waals surface area contributed by atoms with Gasteiger partial charge in [0.2, 0.25) is 0 Å². The molecular weight excluding hydrogens is 284 g/mol. The van der Waals surface area contributed by atoms with Gasteiger partial charge in [-0.2, -0.15) is 0 Å². The van der Waals surface area contributed by atoms with Gasteiger partial charge in [-0.3, -0.25) is 0 Å². The van der Waals surface area contributed by atoms with Crippen LogP contribution in [0.1, 0.15) is 5.56 Å². The normalized spacial score (nSPS) is 28.5. The number of benzene rings is 1. The molecule has 0 bridgehead atoms. The molecule has 4 nitrogen and oxygen atoms in total. The van der Waals surface area contributed by atoms with Gasteiger partial charge in [0.25, 0.3) is 0 Å². The molecule has 17 heavy (non-hydrogen) atoms. The van der Waals surface area contributed by atoms with Crippen molar-refractivity contribution in [3.05, 3.63) is 34.3 Å². The van der Waals surface area contributed by atoms with Gasteiger partial charge < -0.3 is 20.8 Å². The van der Waals surface area contributed by atoms with E-state index in [2.05, 4.69) is 26.6 Å². The summed E-state index contributed by atoms with van der Waals surface area (Å²) in [5.74, 6) is 0. The van der Waals surface area contributed by atoms with Crippen LogP contribution in [0.3, 0.4) is 0 Å². The standard InChI is InChI=1S/C12H17BrN2O2/c13-9-4-2-1-3-8(9)5-14-6-10-12(17)11(16)7-15-10/h1-4,10-12,14-17H,5-7H2/t10-,11+,12-/m1/s1. The van der Waals surface area contributed by atoms with E-state index in [-0.39, 0.29) is 6.04 Å². The number of aliphatic hydroxyl groups is 2. The first-order valence-electron chi connectivity index (χ1n) is 5.72. The third-order valence-corrected chi connectivity index (χ3v) is 3.81. The third kappa shape index (κ3) is 3.26. The largest absolute Gasteiger partial charge is 0.389 e. The van der Waals surface area contributed by atoms with E-state index in [0.717, 1.165) is 11.0 Å². The lowest BCUT2D eigenvalue weighted by Crippen LogP contribution is -2.41. The molecule has 0 saturated carbocycles. The van der Waals surface area contributed by atoms with Gasteiger partial charge in [0.15, 0.2) is 0 Å². The number of nitrogens with one attached hydrogen (secondary N) is 2. The molecule has 0 spiro atoms. The summed E-state index contributed by atoms with van der Waals surface area (Å²) in [7, 11) is 0. The molecule has 5 heteroatoms. The average Bonchev–Trinajstić information content (AvgIpc) is 2.63. The zero-order chi connectivity index (χ0) is 12.3. The maximum atomic E-state index is 9.65. The summed E-state index contributed by atoms with van der Waals surface area (Å²) in [5.41, 5.74) is 1.18. The molecule has 94 valence electrons. The fourth-order valence-electron chi connectivity index (χ4n) is 1.98. The lowest BCUT2D eigenvalue weighted by Gasteiger charge is -2.16. The fraction of sp³-hybridized carbons (Fsp3) is 0.500. The molecule has 1 aliphatic heterocycles. The summed E-state index contributed by atoms with van der Waals surface area (Å²) in [4.78, 5) is 0. The van der Waals surface area contributed by atoms with Crippen molar-refractivity contribution in [3.63, 3.8) is 0 Å². The van der Waals surface area contributed by atoms with E-state index in [1.165, 1.54) is 5.56 Å². The van der Waals surface area contributed by atoms with Gasteiger partial charge in [0.05, 0.1) is 12.2 Å². The SMILES string of the molecule is O[C@H]1[C@@H](O)CN[C@@H]1CNCc1ccccc1Br. The molecule has 1 aliphatic rings. The van der Waals surface area contributed by atoms with Gasteiger partial charge in [-0.25, -0.2) is 0 Å². The van der Waals surface area contributed by atoms with Gasteiger partial charge in [0, 0.05) is 30.1 Å². The summed E-state index contributed by atoms with van der Waals surface area (Å²) in [6.07, 6.45) is -1.33. The van der Waals surface area contributed by atoms with Crippen molar-refractivity contribution in [3.8, 4) is 0 Å². The highest BCUT2D eigenvalue weighted by atomic mass is 79.9. The molecule has 2 rings (SSSR count). The van der Waals surface area contributed by atoms with Crippen LogP contribution in [-0.4, -0.2) is 41.6 Å². The molecule has 0 aliphatic carbocycles. The summed E-state index contributed by atoms with van der Waals surface area (Å²) in [5, 5.41) is 25.4. The molecule has 0 amide bonds. The monoisotopic (exact) mass is 300 g/mol. The number of hydrogen-bond donors (Lipinski definition) is 4. The van der Waals surface area contributed by atoms with Gasteiger partial charge in [-0.05, 0) is 11.6 Å². The van der Waals surface area contributed by atoms with Crippen molar-refractivity contribution in [1.29, 1.82) is 0 Å². The molecule has 4 N–H and O–H groups in total. The Morgan fingerprint density at radius 3 is 2.76 bits per heavy atom. The van der Waals surface area contributed by atoms with Crippen molar-refractivity contribution in [2.24, 2.45) is 0 Å². The Bertz CT molecular complexity index is 375. The van der Waals surface area contributed by atoms with Crippen molar-refractivity contribution < 1.29 is 10.2 Å². The Morgan fingerprint density at radius 1 is 1.35 bits per heavy atom. The van der Waals surface area contributed by atoms with Gasteiger partial charge in [-0.15, -0.1) is 0 Å². The minimum atomic E-state index is -0.679. The van der Waals surface area contributed by atoms with Crippen LogP contribution in [0.15, 0.2) is 28.7 Å². The summed E-state index contributed by atoms with van der Waals surface area (Å²) < 4.78 is 1.08. The Kier molecular flexibility index (Phi) is 4.53. The Balaban J connectivity index is 1.79.